The van der Waals surface area contributed by atoms with E-state index >= 15 is 0 Å². The minimum atomic E-state index is -0.359. The third-order valence-electron chi connectivity index (χ3n) is 4.84. The largest absolute Gasteiger partial charge is 0.331 e. The maximum Gasteiger partial charge on any atom is 0.242 e. The van der Waals surface area contributed by atoms with Crippen LogP contribution in [0.4, 0.5) is 0 Å². The number of hydrogen-bond acceptors (Lipinski definition) is 5. The number of carbonyl (C=O) groups is 2. The second kappa shape index (κ2) is 6.94. The molecule has 4 rings (SSSR count). The highest BCUT2D eigenvalue weighted by Gasteiger charge is 2.41. The van der Waals surface area contributed by atoms with Gasteiger partial charge in [0.25, 0.3) is 0 Å². The lowest BCUT2D eigenvalue weighted by molar-refractivity contribution is -0.133. The molecule has 1 aliphatic carbocycles. The highest BCUT2D eigenvalue weighted by atomic mass is 32.2. The molecule has 1 amide bonds. The number of Topliss-reactive ketones (excluding diaryl/α,β-unsaturated/α-hetero) is 1. The summed E-state index contributed by atoms with van der Waals surface area (Å²) < 4.78 is 0. The molecule has 0 saturated carbocycles. The van der Waals surface area contributed by atoms with Crippen LogP contribution in [0.1, 0.15) is 23.5 Å². The molecule has 24 heavy (non-hydrogen) atoms. The van der Waals surface area contributed by atoms with E-state index in [2.05, 4.69) is 29.6 Å². The molecule has 3 aliphatic rings. The van der Waals surface area contributed by atoms with Gasteiger partial charge in [-0.25, -0.2) is 0 Å². The van der Waals surface area contributed by atoms with Crippen LogP contribution in [-0.2, 0) is 9.59 Å². The molecule has 2 fully saturated rings. The average molecular weight is 361 g/mol. The third-order valence-corrected chi connectivity index (χ3v) is 7.03. The van der Waals surface area contributed by atoms with Crippen molar-refractivity contribution in [1.82, 2.24) is 10.2 Å². The van der Waals surface area contributed by atoms with E-state index in [9.17, 15) is 9.59 Å². The number of nitrogens with one attached hydrogen (secondary N) is 1. The number of rotatable bonds is 4. The van der Waals surface area contributed by atoms with Gasteiger partial charge in [0.1, 0.15) is 11.8 Å². The van der Waals surface area contributed by atoms with Crippen molar-refractivity contribution in [1.29, 1.82) is 0 Å². The lowest BCUT2D eigenvalue weighted by Crippen LogP contribution is -2.49. The Kier molecular flexibility index (Phi) is 4.70. The first-order valence-corrected chi connectivity index (χ1v) is 10.5. The molecule has 126 valence electrons. The second-order valence-corrected chi connectivity index (χ2v) is 8.52. The fourth-order valence-electron chi connectivity index (χ4n) is 3.55. The van der Waals surface area contributed by atoms with Crippen molar-refractivity contribution < 1.29 is 9.59 Å². The van der Waals surface area contributed by atoms with Crippen LogP contribution < -0.4 is 5.32 Å². The van der Waals surface area contributed by atoms with Gasteiger partial charge in [-0.2, -0.15) is 0 Å². The van der Waals surface area contributed by atoms with Crippen molar-refractivity contribution in [2.45, 2.75) is 23.6 Å². The number of thioether (sulfide) groups is 2. The van der Waals surface area contributed by atoms with Crippen molar-refractivity contribution in [2.75, 3.05) is 24.1 Å². The molecule has 1 aromatic carbocycles. The SMILES string of the molecule is O=C(CC1C=Cc2ccccc21)C1SCN[C@@H]1C(=O)N1CCSC1. The Hall–Kier alpha value is -1.24. The zero-order chi connectivity index (χ0) is 16.5. The Balaban J connectivity index is 1.44. The maximum absolute atomic E-state index is 12.9. The second-order valence-electron chi connectivity index (χ2n) is 6.32. The minimum absolute atomic E-state index is 0.0886. The van der Waals surface area contributed by atoms with E-state index in [-0.39, 0.29) is 28.9 Å². The summed E-state index contributed by atoms with van der Waals surface area (Å²) in [7, 11) is 0. The topological polar surface area (TPSA) is 49.4 Å². The smallest absolute Gasteiger partial charge is 0.242 e. The molecule has 0 radical (unpaired) electrons. The summed E-state index contributed by atoms with van der Waals surface area (Å²) in [5, 5.41) is 2.97. The normalized spacial score (nSPS) is 28.3. The molecule has 0 spiro atoms. The molecule has 1 aromatic rings. The van der Waals surface area contributed by atoms with Crippen LogP contribution in [0.3, 0.4) is 0 Å². The fourth-order valence-corrected chi connectivity index (χ4v) is 5.64. The molecule has 1 N–H and O–H groups in total. The van der Waals surface area contributed by atoms with Crippen molar-refractivity contribution in [3.8, 4) is 0 Å². The van der Waals surface area contributed by atoms with Crippen molar-refractivity contribution in [3.63, 3.8) is 0 Å². The van der Waals surface area contributed by atoms with Crippen LogP contribution in [0.2, 0.25) is 0 Å². The Morgan fingerprint density at radius 1 is 1.29 bits per heavy atom. The van der Waals surface area contributed by atoms with Gasteiger partial charge in [-0.15, -0.1) is 23.5 Å². The van der Waals surface area contributed by atoms with Crippen LogP contribution in [-0.4, -0.2) is 51.9 Å². The van der Waals surface area contributed by atoms with Crippen molar-refractivity contribution >= 4 is 41.3 Å². The minimum Gasteiger partial charge on any atom is -0.331 e. The van der Waals surface area contributed by atoms with E-state index in [1.54, 1.807) is 23.5 Å². The van der Waals surface area contributed by atoms with Gasteiger partial charge in [-0.3, -0.25) is 14.9 Å². The lowest BCUT2D eigenvalue weighted by atomic mass is 9.93. The average Bonchev–Trinajstić information content (AvgIpc) is 3.35. The molecule has 0 aromatic heterocycles. The number of ketones is 1. The van der Waals surface area contributed by atoms with Crippen molar-refractivity contribution in [3.05, 3.63) is 41.5 Å². The number of allylic oxidation sites excluding steroid dienone is 1. The van der Waals surface area contributed by atoms with Gasteiger partial charge in [-0.05, 0) is 11.1 Å². The molecule has 4 nitrogen and oxygen atoms in total. The van der Waals surface area contributed by atoms with E-state index in [0.717, 1.165) is 18.2 Å². The Morgan fingerprint density at radius 2 is 2.17 bits per heavy atom. The number of amides is 1. The summed E-state index contributed by atoms with van der Waals surface area (Å²) in [6, 6.07) is 7.86. The highest BCUT2D eigenvalue weighted by molar-refractivity contribution is 8.01. The number of carbonyl (C=O) groups excluding carboxylic acids is 2. The molecule has 0 bridgehead atoms. The van der Waals surface area contributed by atoms with Gasteiger partial charge >= 0.3 is 0 Å². The van der Waals surface area contributed by atoms with Crippen LogP contribution in [0, 0.1) is 0 Å². The lowest BCUT2D eigenvalue weighted by Gasteiger charge is -2.23. The summed E-state index contributed by atoms with van der Waals surface area (Å²) in [6.45, 7) is 0.798. The summed E-state index contributed by atoms with van der Waals surface area (Å²) in [6.07, 6.45) is 4.69. The van der Waals surface area contributed by atoms with Gasteiger partial charge in [0.2, 0.25) is 5.91 Å². The molecule has 3 atom stereocenters. The number of fused-ring (bicyclic) bond motifs is 1. The Labute approximate surface area is 150 Å². The summed E-state index contributed by atoms with van der Waals surface area (Å²) in [5.41, 5.74) is 2.43. The first-order valence-electron chi connectivity index (χ1n) is 8.25. The zero-order valence-electron chi connectivity index (χ0n) is 13.3. The highest BCUT2D eigenvalue weighted by Crippen LogP contribution is 2.35. The van der Waals surface area contributed by atoms with E-state index in [4.69, 9.17) is 0 Å². The van der Waals surface area contributed by atoms with Gasteiger partial charge in [0, 0.05) is 30.5 Å². The van der Waals surface area contributed by atoms with Gasteiger partial charge < -0.3 is 4.90 Å². The molecule has 2 saturated heterocycles. The standard InChI is InChI=1S/C18H20N2O2S2/c21-15(9-13-6-5-12-3-1-2-4-14(12)13)17-16(19-10-24-17)18(22)20-7-8-23-11-20/h1-6,13,16-17,19H,7-11H2/t13?,16-,17?/m0/s1. The number of hydrogen-bond donors (Lipinski definition) is 1. The number of benzene rings is 1. The monoisotopic (exact) mass is 360 g/mol. The predicted octanol–water partition coefficient (Wildman–Crippen LogP) is 2.32. The Bertz CT molecular complexity index is 685. The first kappa shape index (κ1) is 16.2. The third kappa shape index (κ3) is 3.03. The first-order chi connectivity index (χ1) is 11.7. The van der Waals surface area contributed by atoms with Crippen LogP contribution in [0.15, 0.2) is 30.3 Å². The molecule has 2 unspecified atom stereocenters. The molecular formula is C18H20N2O2S2. The predicted molar refractivity (Wildman–Crippen MR) is 100 cm³/mol. The molecule has 2 heterocycles. The van der Waals surface area contributed by atoms with Gasteiger partial charge in [0.05, 0.1) is 11.1 Å². The van der Waals surface area contributed by atoms with Crippen LogP contribution >= 0.6 is 23.5 Å². The van der Waals surface area contributed by atoms with E-state index in [0.29, 0.717) is 12.3 Å². The number of nitrogens with zero attached hydrogens (tertiary/aromatic N) is 1. The summed E-state index contributed by atoms with van der Waals surface area (Å²) in [5.74, 6) is 2.83. The van der Waals surface area contributed by atoms with Gasteiger partial charge in [0.15, 0.2) is 0 Å². The molecular weight excluding hydrogens is 340 g/mol. The maximum atomic E-state index is 12.9. The molecule has 6 heteroatoms. The van der Waals surface area contributed by atoms with Crippen molar-refractivity contribution in [2.24, 2.45) is 0 Å². The van der Waals surface area contributed by atoms with E-state index < -0.39 is 0 Å². The van der Waals surface area contributed by atoms with E-state index in [1.165, 1.54) is 11.1 Å². The van der Waals surface area contributed by atoms with Gasteiger partial charge in [-0.1, -0.05) is 36.4 Å². The van der Waals surface area contributed by atoms with Crippen LogP contribution in [0.5, 0.6) is 0 Å². The quantitative estimate of drug-likeness (QED) is 0.893. The van der Waals surface area contributed by atoms with Crippen LogP contribution in [0.25, 0.3) is 6.08 Å². The van der Waals surface area contributed by atoms with E-state index in [1.807, 2.05) is 17.0 Å². The summed E-state index contributed by atoms with van der Waals surface area (Å²) >= 11 is 3.35. The molecule has 2 aliphatic heterocycles. The zero-order valence-corrected chi connectivity index (χ0v) is 14.9. The summed E-state index contributed by atoms with van der Waals surface area (Å²) in [4.78, 5) is 27.4. The Morgan fingerprint density at radius 3 is 3.00 bits per heavy atom. The fraction of sp³-hybridized carbons (Fsp3) is 0.444.